The van der Waals surface area contributed by atoms with E-state index in [2.05, 4.69) is 5.32 Å². The van der Waals surface area contributed by atoms with Crippen LogP contribution in [0.15, 0.2) is 30.3 Å². The third-order valence-corrected chi connectivity index (χ3v) is 3.41. The molecule has 23 heavy (non-hydrogen) atoms. The van der Waals surface area contributed by atoms with Crippen LogP contribution in [0, 0.1) is 0 Å². The number of nitrogens with zero attached hydrogens (tertiary/aromatic N) is 1. The number of benzene rings is 1. The number of amides is 2. The second kappa shape index (κ2) is 10.8. The van der Waals surface area contributed by atoms with Gasteiger partial charge in [0.2, 0.25) is 11.8 Å². The van der Waals surface area contributed by atoms with Crippen molar-refractivity contribution in [3.8, 4) is 0 Å². The van der Waals surface area contributed by atoms with E-state index >= 15 is 0 Å². The Morgan fingerprint density at radius 1 is 1.13 bits per heavy atom. The second-order valence-electron chi connectivity index (χ2n) is 5.76. The Hall–Kier alpha value is -1.88. The van der Waals surface area contributed by atoms with Crippen LogP contribution in [0.2, 0.25) is 0 Å². The molecule has 0 heterocycles. The number of hydrogen-bond acceptors (Lipinski definition) is 3. The van der Waals surface area contributed by atoms with Gasteiger partial charge in [-0.05, 0) is 38.8 Å². The van der Waals surface area contributed by atoms with Crippen LogP contribution < -0.4 is 10.2 Å². The molecule has 5 heteroatoms. The van der Waals surface area contributed by atoms with E-state index in [1.165, 1.54) is 0 Å². The lowest BCUT2D eigenvalue weighted by atomic mass is 10.2. The monoisotopic (exact) mass is 320 g/mol. The van der Waals surface area contributed by atoms with Crippen molar-refractivity contribution in [2.45, 2.75) is 45.6 Å². The molecule has 128 valence electrons. The van der Waals surface area contributed by atoms with Gasteiger partial charge in [0.15, 0.2) is 0 Å². The van der Waals surface area contributed by atoms with Gasteiger partial charge in [-0.2, -0.15) is 0 Å². The van der Waals surface area contributed by atoms with Gasteiger partial charge in [0, 0.05) is 38.7 Å². The molecule has 0 unspecified atom stereocenters. The summed E-state index contributed by atoms with van der Waals surface area (Å²) in [5, 5.41) is 2.85. The summed E-state index contributed by atoms with van der Waals surface area (Å²) in [7, 11) is 1.76. The highest BCUT2D eigenvalue weighted by atomic mass is 16.5. The smallest absolute Gasteiger partial charge is 0.226 e. The molecule has 0 spiro atoms. The van der Waals surface area contributed by atoms with Crippen LogP contribution in [0.3, 0.4) is 0 Å². The molecule has 2 amide bonds. The number of rotatable bonds is 10. The fourth-order valence-corrected chi connectivity index (χ4v) is 2.07. The minimum atomic E-state index is -0.00953. The Morgan fingerprint density at radius 3 is 2.48 bits per heavy atom. The maximum atomic E-state index is 12.1. The summed E-state index contributed by atoms with van der Waals surface area (Å²) in [6, 6.07) is 9.50. The van der Waals surface area contributed by atoms with Crippen LogP contribution in [-0.4, -0.2) is 38.1 Å². The van der Waals surface area contributed by atoms with Crippen molar-refractivity contribution in [2.75, 3.05) is 25.1 Å². The first-order chi connectivity index (χ1) is 11.0. The first-order valence-electron chi connectivity index (χ1n) is 8.20. The van der Waals surface area contributed by atoms with E-state index in [4.69, 9.17) is 4.74 Å². The zero-order valence-corrected chi connectivity index (χ0v) is 14.4. The zero-order valence-electron chi connectivity index (χ0n) is 14.4. The highest BCUT2D eigenvalue weighted by Crippen LogP contribution is 2.13. The van der Waals surface area contributed by atoms with Crippen LogP contribution in [0.1, 0.15) is 39.5 Å². The van der Waals surface area contributed by atoms with Crippen molar-refractivity contribution in [1.82, 2.24) is 5.32 Å². The van der Waals surface area contributed by atoms with Crippen LogP contribution in [0.25, 0.3) is 0 Å². The molecule has 1 aromatic carbocycles. The van der Waals surface area contributed by atoms with Gasteiger partial charge in [0.1, 0.15) is 0 Å². The van der Waals surface area contributed by atoms with Crippen molar-refractivity contribution >= 4 is 17.5 Å². The lowest BCUT2D eigenvalue weighted by molar-refractivity contribution is -0.121. The molecule has 1 N–H and O–H groups in total. The van der Waals surface area contributed by atoms with E-state index in [1.54, 1.807) is 11.9 Å². The lowest BCUT2D eigenvalue weighted by Gasteiger charge is -2.17. The number of hydrogen-bond donors (Lipinski definition) is 1. The summed E-state index contributed by atoms with van der Waals surface area (Å²) in [5.41, 5.74) is 0.868. The molecular formula is C18H28N2O3. The highest BCUT2D eigenvalue weighted by Gasteiger charge is 2.11. The molecule has 0 saturated carbocycles. The van der Waals surface area contributed by atoms with Gasteiger partial charge in [-0.25, -0.2) is 0 Å². The Labute approximate surface area is 139 Å². The van der Waals surface area contributed by atoms with Gasteiger partial charge in [-0.15, -0.1) is 0 Å². The van der Waals surface area contributed by atoms with E-state index in [9.17, 15) is 9.59 Å². The van der Waals surface area contributed by atoms with Crippen LogP contribution in [0.5, 0.6) is 0 Å². The molecular weight excluding hydrogens is 292 g/mol. The first kappa shape index (κ1) is 19.2. The summed E-state index contributed by atoms with van der Waals surface area (Å²) in [5.74, 6) is 0.0130. The predicted molar refractivity (Wildman–Crippen MR) is 92.4 cm³/mol. The van der Waals surface area contributed by atoms with Gasteiger partial charge in [0.05, 0.1) is 6.10 Å². The van der Waals surface area contributed by atoms with E-state index in [0.29, 0.717) is 32.4 Å². The average molecular weight is 320 g/mol. The molecule has 1 rings (SSSR count). The maximum absolute atomic E-state index is 12.1. The van der Waals surface area contributed by atoms with Gasteiger partial charge in [-0.1, -0.05) is 18.2 Å². The number of nitrogens with one attached hydrogen (secondary N) is 1. The third kappa shape index (κ3) is 8.35. The Balaban J connectivity index is 2.13. The number of para-hydroxylation sites is 1. The van der Waals surface area contributed by atoms with Crippen LogP contribution >= 0.6 is 0 Å². The molecule has 0 bridgehead atoms. The van der Waals surface area contributed by atoms with Crippen LogP contribution in [-0.2, 0) is 14.3 Å². The second-order valence-corrected chi connectivity index (χ2v) is 5.76. The molecule has 0 aliphatic heterocycles. The maximum Gasteiger partial charge on any atom is 0.226 e. The molecule has 0 aromatic heterocycles. The number of carbonyl (C=O) groups excluding carboxylic acids is 2. The zero-order chi connectivity index (χ0) is 17.1. The number of anilines is 1. The number of carbonyl (C=O) groups is 2. The van der Waals surface area contributed by atoms with Gasteiger partial charge in [-0.3, -0.25) is 9.59 Å². The highest BCUT2D eigenvalue weighted by molar-refractivity contribution is 5.92. The Bertz CT molecular complexity index is 474. The summed E-state index contributed by atoms with van der Waals surface area (Å²) < 4.78 is 5.40. The molecule has 0 aliphatic rings. The SMILES string of the molecule is CC(C)OCCCNC(=O)CCCC(=O)N(C)c1ccccc1. The lowest BCUT2D eigenvalue weighted by Crippen LogP contribution is -2.28. The molecule has 0 atom stereocenters. The average Bonchev–Trinajstić information content (AvgIpc) is 2.54. The Kier molecular flexibility index (Phi) is 8.98. The minimum Gasteiger partial charge on any atom is -0.379 e. The van der Waals surface area contributed by atoms with Crippen molar-refractivity contribution < 1.29 is 14.3 Å². The third-order valence-electron chi connectivity index (χ3n) is 3.41. The van der Waals surface area contributed by atoms with Gasteiger partial charge < -0.3 is 15.0 Å². The van der Waals surface area contributed by atoms with Crippen LogP contribution in [0.4, 0.5) is 5.69 Å². The molecule has 0 fully saturated rings. The normalized spacial score (nSPS) is 10.6. The fourth-order valence-electron chi connectivity index (χ4n) is 2.07. The van der Waals surface area contributed by atoms with Crippen molar-refractivity contribution in [3.05, 3.63) is 30.3 Å². The minimum absolute atomic E-state index is 0.00953. The Morgan fingerprint density at radius 2 is 1.83 bits per heavy atom. The van der Waals surface area contributed by atoms with Crippen molar-refractivity contribution in [3.63, 3.8) is 0 Å². The largest absolute Gasteiger partial charge is 0.379 e. The predicted octanol–water partition coefficient (Wildman–Crippen LogP) is 2.75. The van der Waals surface area contributed by atoms with Gasteiger partial charge in [0.25, 0.3) is 0 Å². The fraction of sp³-hybridized carbons (Fsp3) is 0.556. The summed E-state index contributed by atoms with van der Waals surface area (Å²) in [6.07, 6.45) is 2.33. The van der Waals surface area contributed by atoms with Gasteiger partial charge >= 0.3 is 0 Å². The molecule has 0 aliphatic carbocycles. The number of ether oxygens (including phenoxy) is 1. The summed E-state index contributed by atoms with van der Waals surface area (Å²) in [4.78, 5) is 25.4. The molecule has 1 aromatic rings. The van der Waals surface area contributed by atoms with Crippen molar-refractivity contribution in [2.24, 2.45) is 0 Å². The summed E-state index contributed by atoms with van der Waals surface area (Å²) in [6.45, 7) is 5.24. The topological polar surface area (TPSA) is 58.6 Å². The summed E-state index contributed by atoms with van der Waals surface area (Å²) >= 11 is 0. The standard InChI is InChI=1S/C18H28N2O3/c1-15(2)23-14-8-13-19-17(21)11-7-12-18(22)20(3)16-9-5-4-6-10-16/h4-6,9-10,15H,7-8,11-14H2,1-3H3,(H,19,21). The molecule has 0 radical (unpaired) electrons. The van der Waals surface area contributed by atoms with Crippen molar-refractivity contribution in [1.29, 1.82) is 0 Å². The van der Waals surface area contributed by atoms with E-state index < -0.39 is 0 Å². The first-order valence-corrected chi connectivity index (χ1v) is 8.20. The van der Waals surface area contributed by atoms with E-state index in [0.717, 1.165) is 12.1 Å². The molecule has 0 saturated heterocycles. The van der Waals surface area contributed by atoms with E-state index in [1.807, 2.05) is 44.2 Å². The molecule has 5 nitrogen and oxygen atoms in total. The quantitative estimate of drug-likeness (QED) is 0.674. The van der Waals surface area contributed by atoms with E-state index in [-0.39, 0.29) is 17.9 Å².